The van der Waals surface area contributed by atoms with Crippen LogP contribution in [0.25, 0.3) is 0 Å². The topological polar surface area (TPSA) is 230 Å². The molecule has 1 heterocycles. The average molecular weight is 732 g/mol. The van der Waals surface area contributed by atoms with Crippen LogP contribution in [0.3, 0.4) is 0 Å². The SMILES string of the molecule is CCCC(=O)N(C)[C@H](SCCN1CCOCC1)C(=O)N(C)[C@@H](CC(C)(C)O)C(=O)NC(=O)N(C)C(=O)NC(=O)N[C@@H](C)C(=O)N(C)C(=O)NC. The Morgan fingerprint density at radius 2 is 1.46 bits per heavy atom. The molecule has 50 heavy (non-hydrogen) atoms. The van der Waals surface area contributed by atoms with Gasteiger partial charge in [0.2, 0.25) is 5.91 Å². The molecule has 19 nitrogen and oxygen atoms in total. The van der Waals surface area contributed by atoms with Gasteiger partial charge in [-0.05, 0) is 27.2 Å². The fourth-order valence-electron chi connectivity index (χ4n) is 4.59. The highest BCUT2D eigenvalue weighted by Gasteiger charge is 2.38. The molecule has 0 aromatic rings. The highest BCUT2D eigenvalue weighted by Crippen LogP contribution is 2.23. The van der Waals surface area contributed by atoms with Gasteiger partial charge >= 0.3 is 24.1 Å². The number of amides is 12. The first-order valence-electron chi connectivity index (χ1n) is 16.1. The Labute approximate surface area is 297 Å². The fraction of sp³-hybridized carbons (Fsp3) is 0.733. The number of ether oxygens (including phenoxy) is 1. The molecule has 5 N–H and O–H groups in total. The second-order valence-electron chi connectivity index (χ2n) is 12.3. The number of carbonyl (C=O) groups excluding carboxylic acids is 8. The number of hydrogen-bond donors (Lipinski definition) is 5. The minimum atomic E-state index is -1.50. The highest BCUT2D eigenvalue weighted by molar-refractivity contribution is 8.00. The van der Waals surface area contributed by atoms with E-state index in [4.69, 9.17) is 4.74 Å². The van der Waals surface area contributed by atoms with Crippen LogP contribution < -0.4 is 21.3 Å². The number of morpholine rings is 1. The number of imide groups is 4. The van der Waals surface area contributed by atoms with Gasteiger partial charge in [0, 0.05) is 73.5 Å². The Balaban J connectivity index is 3.06. The Morgan fingerprint density at radius 1 is 0.880 bits per heavy atom. The zero-order valence-electron chi connectivity index (χ0n) is 30.4. The summed E-state index contributed by atoms with van der Waals surface area (Å²) in [6, 6.07) is -7.10. The second kappa shape index (κ2) is 20.6. The summed E-state index contributed by atoms with van der Waals surface area (Å²) in [5, 5.41) is 17.9. The predicted octanol–water partition coefficient (Wildman–Crippen LogP) is -0.602. The van der Waals surface area contributed by atoms with Gasteiger partial charge in [-0.3, -0.25) is 39.6 Å². The quantitative estimate of drug-likeness (QED) is 0.141. The van der Waals surface area contributed by atoms with Crippen LogP contribution in [0, 0.1) is 0 Å². The molecule has 1 aliphatic heterocycles. The van der Waals surface area contributed by atoms with Gasteiger partial charge in [-0.2, -0.15) is 0 Å². The number of urea groups is 4. The third-order valence-corrected chi connectivity index (χ3v) is 8.90. The smallest absolute Gasteiger partial charge is 0.333 e. The number of rotatable bonds is 14. The molecule has 1 saturated heterocycles. The maximum absolute atomic E-state index is 14.0. The molecule has 0 radical (unpaired) electrons. The predicted molar refractivity (Wildman–Crippen MR) is 184 cm³/mol. The molecule has 284 valence electrons. The minimum Gasteiger partial charge on any atom is -0.390 e. The van der Waals surface area contributed by atoms with Crippen LogP contribution >= 0.6 is 11.8 Å². The zero-order valence-corrected chi connectivity index (χ0v) is 31.2. The molecule has 0 saturated carbocycles. The molecule has 0 unspecified atom stereocenters. The molecule has 1 rings (SSSR count). The first-order valence-corrected chi connectivity index (χ1v) is 17.2. The molecular weight excluding hydrogens is 678 g/mol. The standard InChI is InChI=1S/C30H53N9O10S/c1-10-11-21(40)36(7)25(50-17-14-39-12-15-49-16-13-39)24(43)35(6)20(18-30(3,4)48)22(41)33-28(46)38(9)29(47)34-26(44)32-19(2)23(42)37(8)27(45)31-5/h19-20,25,48H,10-18H2,1-9H3,(H,31,45)(H,33,41,46)(H2,32,34,44,47)/t19-,20-,25+/m0/s1. The number of nitrogens with zero attached hydrogens (tertiary/aromatic N) is 5. The Bertz CT molecular complexity index is 1240. The summed E-state index contributed by atoms with van der Waals surface area (Å²) in [5.74, 6) is -2.23. The van der Waals surface area contributed by atoms with E-state index in [1.165, 1.54) is 65.6 Å². The first kappa shape index (κ1) is 44.0. The lowest BCUT2D eigenvalue weighted by Crippen LogP contribution is -2.58. The average Bonchev–Trinajstić information content (AvgIpc) is 3.06. The molecule has 0 spiro atoms. The van der Waals surface area contributed by atoms with Crippen LogP contribution in [0.5, 0.6) is 0 Å². The summed E-state index contributed by atoms with van der Waals surface area (Å²) in [6.45, 7) is 9.22. The van der Waals surface area contributed by atoms with E-state index in [1.54, 1.807) is 0 Å². The normalized spacial score (nSPS) is 15.0. The molecule has 1 aliphatic rings. The van der Waals surface area contributed by atoms with Crippen molar-refractivity contribution in [2.75, 3.05) is 73.8 Å². The highest BCUT2D eigenvalue weighted by atomic mass is 32.2. The zero-order chi connectivity index (χ0) is 38.3. The van der Waals surface area contributed by atoms with Gasteiger partial charge in [0.25, 0.3) is 17.7 Å². The van der Waals surface area contributed by atoms with Crippen LogP contribution in [0.4, 0.5) is 19.2 Å². The van der Waals surface area contributed by atoms with Crippen LogP contribution in [0.15, 0.2) is 0 Å². The van der Waals surface area contributed by atoms with Crippen molar-refractivity contribution >= 4 is 59.5 Å². The molecule has 0 aromatic carbocycles. The molecule has 0 aromatic heterocycles. The van der Waals surface area contributed by atoms with Crippen molar-refractivity contribution < 1.29 is 48.2 Å². The summed E-state index contributed by atoms with van der Waals surface area (Å²) in [6.07, 6.45) is 0.435. The maximum atomic E-state index is 14.0. The second-order valence-corrected chi connectivity index (χ2v) is 13.5. The largest absolute Gasteiger partial charge is 0.390 e. The number of nitrogens with one attached hydrogen (secondary N) is 4. The van der Waals surface area contributed by atoms with Crippen LogP contribution in [0.2, 0.25) is 0 Å². The van der Waals surface area contributed by atoms with E-state index in [0.29, 0.717) is 36.8 Å². The molecule has 12 amide bonds. The third kappa shape index (κ3) is 14.1. The van der Waals surface area contributed by atoms with Gasteiger partial charge in [0.05, 0.1) is 18.8 Å². The summed E-state index contributed by atoms with van der Waals surface area (Å²) in [4.78, 5) is 108. The minimum absolute atomic E-state index is 0.199. The lowest BCUT2D eigenvalue weighted by atomic mass is 9.97. The summed E-state index contributed by atoms with van der Waals surface area (Å²) >= 11 is 1.23. The van der Waals surface area contributed by atoms with Gasteiger partial charge in [-0.1, -0.05) is 6.92 Å². The van der Waals surface area contributed by atoms with E-state index in [0.717, 1.165) is 29.9 Å². The molecule has 1 fully saturated rings. The molecular formula is C30H53N9O10S. The van der Waals surface area contributed by atoms with E-state index >= 15 is 0 Å². The number of aliphatic hydroxyl groups is 1. The molecule has 0 aliphatic carbocycles. The number of thioether (sulfide) groups is 1. The first-order chi connectivity index (χ1) is 23.2. The van der Waals surface area contributed by atoms with E-state index in [2.05, 4.69) is 15.5 Å². The lowest BCUT2D eigenvalue weighted by molar-refractivity contribution is -0.145. The van der Waals surface area contributed by atoms with E-state index < -0.39 is 64.9 Å². The number of carbonyl (C=O) groups is 8. The van der Waals surface area contributed by atoms with Crippen molar-refractivity contribution in [1.82, 2.24) is 45.8 Å². The Kier molecular flexibility index (Phi) is 18.1. The van der Waals surface area contributed by atoms with E-state index in [9.17, 15) is 43.5 Å². The van der Waals surface area contributed by atoms with Crippen LogP contribution in [-0.2, 0) is 23.9 Å². The molecule has 20 heteroatoms. The van der Waals surface area contributed by atoms with Crippen molar-refractivity contribution in [2.45, 2.75) is 70.0 Å². The summed E-state index contributed by atoms with van der Waals surface area (Å²) in [5.41, 5.74) is -1.50. The molecule has 0 bridgehead atoms. The Hall–Kier alpha value is -4.01. The van der Waals surface area contributed by atoms with Crippen molar-refractivity contribution in [1.29, 1.82) is 0 Å². The Morgan fingerprint density at radius 3 is 2.00 bits per heavy atom. The van der Waals surface area contributed by atoms with Crippen molar-refractivity contribution in [2.24, 2.45) is 0 Å². The van der Waals surface area contributed by atoms with E-state index in [-0.39, 0.29) is 18.7 Å². The summed E-state index contributed by atoms with van der Waals surface area (Å²) in [7, 11) is 6.29. The third-order valence-electron chi connectivity index (χ3n) is 7.64. The van der Waals surface area contributed by atoms with Gasteiger partial charge in [-0.15, -0.1) is 11.8 Å². The monoisotopic (exact) mass is 731 g/mol. The van der Waals surface area contributed by atoms with Gasteiger partial charge in [-0.25, -0.2) is 24.1 Å². The van der Waals surface area contributed by atoms with Crippen LogP contribution in [0.1, 0.15) is 47.0 Å². The number of hydrogen-bond acceptors (Lipinski definition) is 12. The lowest BCUT2D eigenvalue weighted by Gasteiger charge is -2.36. The number of likely N-dealkylation sites (N-methyl/N-ethyl adjacent to an activating group) is 3. The van der Waals surface area contributed by atoms with Gasteiger partial charge < -0.3 is 30.3 Å². The maximum Gasteiger partial charge on any atom is 0.333 e. The van der Waals surface area contributed by atoms with Crippen molar-refractivity contribution in [3.05, 3.63) is 0 Å². The summed E-state index contributed by atoms with van der Waals surface area (Å²) < 4.78 is 5.38. The van der Waals surface area contributed by atoms with Gasteiger partial charge in [0.1, 0.15) is 12.1 Å². The fourth-order valence-corrected chi connectivity index (χ4v) is 5.83. The van der Waals surface area contributed by atoms with Gasteiger partial charge in [0.15, 0.2) is 5.37 Å². The van der Waals surface area contributed by atoms with Crippen LogP contribution in [-0.4, -0.2) is 174 Å². The van der Waals surface area contributed by atoms with Crippen molar-refractivity contribution in [3.63, 3.8) is 0 Å². The van der Waals surface area contributed by atoms with Crippen molar-refractivity contribution in [3.8, 4) is 0 Å². The molecule has 3 atom stereocenters. The van der Waals surface area contributed by atoms with E-state index in [1.807, 2.05) is 17.6 Å².